The van der Waals surface area contributed by atoms with Crippen LogP contribution in [-0.2, 0) is 11.2 Å². The number of hydrogen-bond acceptors (Lipinski definition) is 4. The Labute approximate surface area is 153 Å². The minimum absolute atomic E-state index is 0.173. The molecule has 5 nitrogen and oxygen atoms in total. The number of carbonyl (C=O) groups is 1. The molecule has 0 aromatic carbocycles. The molecule has 1 fully saturated rings. The van der Waals surface area contributed by atoms with Gasteiger partial charge in [0.25, 0.3) is 0 Å². The number of nitrogens with zero attached hydrogens (tertiary/aromatic N) is 3. The first-order chi connectivity index (χ1) is 12.2. The standard InChI is InChI=1S/C19H23ClN4O/c20-8-6-19(25)24-11-3-4-16(14-24)12-15-7-10-22-18(13-15)23-17-5-1-2-9-21-17/h1-2,5,7,9-10,13,16H,3-4,6,8,11-12,14H2,(H,21,22,23). The van der Waals surface area contributed by atoms with E-state index in [1.54, 1.807) is 6.20 Å². The molecule has 1 saturated heterocycles. The lowest BCUT2D eigenvalue weighted by Gasteiger charge is -2.33. The van der Waals surface area contributed by atoms with Crippen molar-refractivity contribution in [3.63, 3.8) is 0 Å². The van der Waals surface area contributed by atoms with Gasteiger partial charge in [0.05, 0.1) is 0 Å². The summed E-state index contributed by atoms with van der Waals surface area (Å²) in [5, 5.41) is 3.22. The van der Waals surface area contributed by atoms with E-state index in [1.165, 1.54) is 5.56 Å². The molecule has 1 aliphatic rings. The number of anilines is 2. The summed E-state index contributed by atoms with van der Waals surface area (Å²) in [6, 6.07) is 9.84. The molecule has 0 bridgehead atoms. The Morgan fingerprint density at radius 1 is 1.24 bits per heavy atom. The minimum atomic E-state index is 0.173. The Kier molecular flexibility index (Phi) is 6.23. The zero-order chi connectivity index (χ0) is 17.5. The number of pyridine rings is 2. The van der Waals surface area contributed by atoms with Gasteiger partial charge in [-0.3, -0.25) is 4.79 Å². The van der Waals surface area contributed by atoms with Gasteiger partial charge in [0.1, 0.15) is 11.6 Å². The molecule has 1 atom stereocenters. The molecule has 0 spiro atoms. The number of alkyl halides is 1. The zero-order valence-electron chi connectivity index (χ0n) is 14.2. The number of halogens is 1. The normalized spacial score (nSPS) is 17.3. The molecule has 1 aliphatic heterocycles. The molecule has 1 N–H and O–H groups in total. The Bertz CT molecular complexity index is 695. The Balaban J connectivity index is 1.61. The highest BCUT2D eigenvalue weighted by molar-refractivity contribution is 6.18. The third-order valence-corrected chi connectivity index (χ3v) is 4.64. The Morgan fingerprint density at radius 2 is 2.12 bits per heavy atom. The van der Waals surface area contributed by atoms with Crippen LogP contribution in [0.15, 0.2) is 42.7 Å². The second kappa shape index (κ2) is 8.81. The van der Waals surface area contributed by atoms with Crippen LogP contribution in [0, 0.1) is 5.92 Å². The molecule has 2 aromatic heterocycles. The fourth-order valence-electron chi connectivity index (χ4n) is 3.27. The molecule has 0 aliphatic carbocycles. The van der Waals surface area contributed by atoms with Gasteiger partial charge in [-0.15, -0.1) is 11.6 Å². The van der Waals surface area contributed by atoms with Crippen LogP contribution in [0.5, 0.6) is 0 Å². The fourth-order valence-corrected chi connectivity index (χ4v) is 3.43. The number of hydrogen-bond donors (Lipinski definition) is 1. The van der Waals surface area contributed by atoms with E-state index >= 15 is 0 Å². The number of aromatic nitrogens is 2. The van der Waals surface area contributed by atoms with E-state index < -0.39 is 0 Å². The summed E-state index contributed by atoms with van der Waals surface area (Å²) in [5.74, 6) is 2.63. The van der Waals surface area contributed by atoms with Crippen LogP contribution in [-0.4, -0.2) is 39.7 Å². The van der Waals surface area contributed by atoms with Crippen molar-refractivity contribution in [2.24, 2.45) is 5.92 Å². The van der Waals surface area contributed by atoms with Crippen molar-refractivity contribution in [1.82, 2.24) is 14.9 Å². The van der Waals surface area contributed by atoms with Gasteiger partial charge in [0, 0.05) is 37.8 Å². The largest absolute Gasteiger partial charge is 0.342 e. The fraction of sp³-hybridized carbons (Fsp3) is 0.421. The number of carbonyl (C=O) groups excluding carboxylic acids is 1. The van der Waals surface area contributed by atoms with Crippen molar-refractivity contribution in [3.8, 4) is 0 Å². The van der Waals surface area contributed by atoms with Crippen LogP contribution in [0.25, 0.3) is 0 Å². The molecule has 132 valence electrons. The molecule has 2 aromatic rings. The van der Waals surface area contributed by atoms with Gasteiger partial charge < -0.3 is 10.2 Å². The molecule has 3 rings (SSSR count). The summed E-state index contributed by atoms with van der Waals surface area (Å²) in [6.07, 6.45) is 7.16. The molecular formula is C19H23ClN4O. The topological polar surface area (TPSA) is 58.1 Å². The van der Waals surface area contributed by atoms with Crippen molar-refractivity contribution >= 4 is 29.1 Å². The van der Waals surface area contributed by atoms with Gasteiger partial charge in [-0.05, 0) is 55.0 Å². The van der Waals surface area contributed by atoms with Crippen molar-refractivity contribution < 1.29 is 4.79 Å². The summed E-state index contributed by atoms with van der Waals surface area (Å²) < 4.78 is 0. The maximum absolute atomic E-state index is 12.1. The second-order valence-corrected chi connectivity index (χ2v) is 6.76. The van der Waals surface area contributed by atoms with Gasteiger partial charge in [0.15, 0.2) is 0 Å². The van der Waals surface area contributed by atoms with Crippen LogP contribution in [0.1, 0.15) is 24.8 Å². The maximum Gasteiger partial charge on any atom is 0.223 e. The van der Waals surface area contributed by atoms with Crippen molar-refractivity contribution in [2.45, 2.75) is 25.7 Å². The second-order valence-electron chi connectivity index (χ2n) is 6.38. The van der Waals surface area contributed by atoms with Gasteiger partial charge in [-0.25, -0.2) is 9.97 Å². The van der Waals surface area contributed by atoms with Gasteiger partial charge in [-0.1, -0.05) is 6.07 Å². The summed E-state index contributed by atoms with van der Waals surface area (Å²) in [4.78, 5) is 22.7. The number of piperidine rings is 1. The van der Waals surface area contributed by atoms with Gasteiger partial charge in [0.2, 0.25) is 5.91 Å². The zero-order valence-corrected chi connectivity index (χ0v) is 15.0. The average molecular weight is 359 g/mol. The van der Waals surface area contributed by atoms with Gasteiger partial charge >= 0.3 is 0 Å². The summed E-state index contributed by atoms with van der Waals surface area (Å²) >= 11 is 5.70. The molecule has 6 heteroatoms. The summed E-state index contributed by atoms with van der Waals surface area (Å²) in [7, 11) is 0. The van der Waals surface area contributed by atoms with E-state index in [2.05, 4.69) is 21.4 Å². The first kappa shape index (κ1) is 17.7. The maximum atomic E-state index is 12.1. The first-order valence-electron chi connectivity index (χ1n) is 8.71. The molecular weight excluding hydrogens is 336 g/mol. The van der Waals surface area contributed by atoms with E-state index in [0.29, 0.717) is 18.2 Å². The Hall–Kier alpha value is -2.14. The van der Waals surface area contributed by atoms with E-state index in [-0.39, 0.29) is 5.91 Å². The highest BCUT2D eigenvalue weighted by Gasteiger charge is 2.23. The lowest BCUT2D eigenvalue weighted by molar-refractivity contribution is -0.132. The number of amides is 1. The molecule has 0 saturated carbocycles. The predicted octanol–water partition coefficient (Wildman–Crippen LogP) is 3.63. The van der Waals surface area contributed by atoms with E-state index in [0.717, 1.165) is 44.0 Å². The van der Waals surface area contributed by atoms with E-state index in [4.69, 9.17) is 11.6 Å². The number of nitrogens with one attached hydrogen (secondary N) is 1. The number of rotatable bonds is 6. The van der Waals surface area contributed by atoms with Crippen molar-refractivity contribution in [2.75, 3.05) is 24.3 Å². The quantitative estimate of drug-likeness (QED) is 0.801. The molecule has 1 unspecified atom stereocenters. The lowest BCUT2D eigenvalue weighted by Crippen LogP contribution is -2.40. The number of likely N-dealkylation sites (tertiary alicyclic amines) is 1. The predicted molar refractivity (Wildman–Crippen MR) is 100 cm³/mol. The van der Waals surface area contributed by atoms with Crippen molar-refractivity contribution in [3.05, 3.63) is 48.3 Å². The van der Waals surface area contributed by atoms with Crippen LogP contribution in [0.4, 0.5) is 11.6 Å². The summed E-state index contributed by atoms with van der Waals surface area (Å²) in [5.41, 5.74) is 1.23. The van der Waals surface area contributed by atoms with Crippen molar-refractivity contribution in [1.29, 1.82) is 0 Å². The molecule has 25 heavy (non-hydrogen) atoms. The Morgan fingerprint density at radius 3 is 2.92 bits per heavy atom. The minimum Gasteiger partial charge on any atom is -0.342 e. The SMILES string of the molecule is O=C(CCCl)N1CCCC(Cc2ccnc(Nc3ccccn3)c2)C1. The van der Waals surface area contributed by atoms with Crippen LogP contribution in [0.2, 0.25) is 0 Å². The van der Waals surface area contributed by atoms with Crippen LogP contribution in [0.3, 0.4) is 0 Å². The third-order valence-electron chi connectivity index (χ3n) is 4.45. The van der Waals surface area contributed by atoms with Crippen LogP contribution < -0.4 is 5.32 Å². The molecule has 0 radical (unpaired) electrons. The smallest absolute Gasteiger partial charge is 0.223 e. The lowest BCUT2D eigenvalue weighted by atomic mass is 9.91. The monoisotopic (exact) mass is 358 g/mol. The first-order valence-corrected chi connectivity index (χ1v) is 9.25. The third kappa shape index (κ3) is 5.16. The molecule has 3 heterocycles. The van der Waals surface area contributed by atoms with Gasteiger partial charge in [-0.2, -0.15) is 0 Å². The van der Waals surface area contributed by atoms with Crippen LogP contribution >= 0.6 is 11.6 Å². The van der Waals surface area contributed by atoms with E-state index in [1.807, 2.05) is 35.4 Å². The molecule has 1 amide bonds. The average Bonchev–Trinajstić information content (AvgIpc) is 2.63. The van der Waals surface area contributed by atoms with E-state index in [9.17, 15) is 4.79 Å². The summed E-state index contributed by atoms with van der Waals surface area (Å²) in [6.45, 7) is 1.68. The highest BCUT2D eigenvalue weighted by atomic mass is 35.5. The highest BCUT2D eigenvalue weighted by Crippen LogP contribution is 2.23.